The van der Waals surface area contributed by atoms with Crippen molar-refractivity contribution in [1.82, 2.24) is 10.0 Å². The van der Waals surface area contributed by atoms with Crippen molar-refractivity contribution in [2.45, 2.75) is 33.0 Å². The van der Waals surface area contributed by atoms with Crippen molar-refractivity contribution in [3.63, 3.8) is 0 Å². The summed E-state index contributed by atoms with van der Waals surface area (Å²) >= 11 is 0. The van der Waals surface area contributed by atoms with E-state index in [0.29, 0.717) is 35.4 Å². The first-order chi connectivity index (χ1) is 17.9. The third-order valence-corrected chi connectivity index (χ3v) is 5.74. The highest BCUT2D eigenvalue weighted by Gasteiger charge is 2.23. The molecular weight excluding hydrogens is 474 g/mol. The van der Waals surface area contributed by atoms with Crippen LogP contribution in [-0.4, -0.2) is 38.4 Å². The lowest BCUT2D eigenvalue weighted by atomic mass is 10.0. The van der Waals surface area contributed by atoms with Crippen molar-refractivity contribution < 1.29 is 19.7 Å². The summed E-state index contributed by atoms with van der Waals surface area (Å²) in [6, 6.07) is 13.6. The molecular formula is C27H27N5O5. The highest BCUT2D eigenvalue weighted by atomic mass is 16.7. The average molecular weight is 502 g/mol. The van der Waals surface area contributed by atoms with Crippen LogP contribution < -0.4 is 5.73 Å². The summed E-state index contributed by atoms with van der Waals surface area (Å²) in [5.41, 5.74) is 10.9. The third-order valence-electron chi connectivity index (χ3n) is 5.74. The second kappa shape index (κ2) is 11.5. The second-order valence-electron chi connectivity index (χ2n) is 8.57. The number of hydrogen-bond donors (Lipinski definition) is 2. The van der Waals surface area contributed by atoms with Crippen molar-refractivity contribution in [3.05, 3.63) is 93.3 Å². The van der Waals surface area contributed by atoms with E-state index in [1.165, 1.54) is 17.2 Å². The fraction of sp³-hybridized carbons (Fsp3) is 0.222. The number of aliphatic imine (C=N–C) groups is 1. The SMILES string of the molecule is CCCN(OCc1cccc([N+](=O)[O-])c1)C(=O)C1=Cc2ccc(-c3cncc(CO)c3)cc2N=C(N)C1. The van der Waals surface area contributed by atoms with Gasteiger partial charge in [0.15, 0.2) is 0 Å². The number of benzene rings is 2. The van der Waals surface area contributed by atoms with Gasteiger partial charge in [-0.2, -0.15) is 0 Å². The maximum absolute atomic E-state index is 13.4. The molecule has 1 aliphatic rings. The number of hydroxylamine groups is 2. The number of aliphatic hydroxyl groups is 1. The number of amidine groups is 1. The molecule has 37 heavy (non-hydrogen) atoms. The van der Waals surface area contributed by atoms with E-state index in [4.69, 9.17) is 10.6 Å². The first kappa shape index (κ1) is 25.7. The number of amides is 1. The summed E-state index contributed by atoms with van der Waals surface area (Å²) < 4.78 is 0. The van der Waals surface area contributed by atoms with E-state index in [-0.39, 0.29) is 37.1 Å². The molecule has 1 aromatic heterocycles. The lowest BCUT2D eigenvalue weighted by Crippen LogP contribution is -2.34. The van der Waals surface area contributed by atoms with Gasteiger partial charge in [0, 0.05) is 54.2 Å². The molecule has 0 saturated carbocycles. The number of rotatable bonds is 9. The fourth-order valence-electron chi connectivity index (χ4n) is 3.94. The Morgan fingerprint density at radius 2 is 2.00 bits per heavy atom. The first-order valence-corrected chi connectivity index (χ1v) is 11.8. The van der Waals surface area contributed by atoms with Crippen LogP contribution in [0.25, 0.3) is 17.2 Å². The van der Waals surface area contributed by atoms with E-state index in [1.807, 2.05) is 31.2 Å². The van der Waals surface area contributed by atoms with Crippen LogP contribution in [0.15, 0.2) is 71.5 Å². The number of hydrogen-bond acceptors (Lipinski definition) is 8. The summed E-state index contributed by atoms with van der Waals surface area (Å²) in [5, 5.41) is 21.7. The fourth-order valence-corrected chi connectivity index (χ4v) is 3.94. The molecule has 0 fully saturated rings. The van der Waals surface area contributed by atoms with Gasteiger partial charge in [-0.1, -0.05) is 31.2 Å². The van der Waals surface area contributed by atoms with E-state index < -0.39 is 4.92 Å². The maximum Gasteiger partial charge on any atom is 0.273 e. The number of nitro groups is 1. The molecule has 2 heterocycles. The minimum absolute atomic E-state index is 0.00512. The van der Waals surface area contributed by atoms with Crippen LogP contribution in [0.4, 0.5) is 11.4 Å². The van der Waals surface area contributed by atoms with Crippen molar-refractivity contribution in [2.75, 3.05) is 6.54 Å². The molecule has 0 atom stereocenters. The monoisotopic (exact) mass is 501 g/mol. The largest absolute Gasteiger partial charge is 0.392 e. The highest BCUT2D eigenvalue weighted by Crippen LogP contribution is 2.32. The van der Waals surface area contributed by atoms with Crippen molar-refractivity contribution >= 4 is 29.2 Å². The predicted octanol–water partition coefficient (Wildman–Crippen LogP) is 4.30. The molecule has 3 aromatic rings. The molecule has 1 amide bonds. The topological polar surface area (TPSA) is 144 Å². The van der Waals surface area contributed by atoms with Gasteiger partial charge in [0.1, 0.15) is 12.4 Å². The Hall–Kier alpha value is -4.41. The van der Waals surface area contributed by atoms with Crippen LogP contribution in [0.1, 0.15) is 36.5 Å². The number of aromatic nitrogens is 1. The van der Waals surface area contributed by atoms with Crippen LogP contribution in [0.3, 0.4) is 0 Å². The zero-order chi connectivity index (χ0) is 26.4. The molecule has 3 N–H and O–H groups in total. The van der Waals surface area contributed by atoms with Crippen LogP contribution in [0, 0.1) is 10.1 Å². The third kappa shape index (κ3) is 6.24. The lowest BCUT2D eigenvalue weighted by Gasteiger charge is -2.22. The van der Waals surface area contributed by atoms with Gasteiger partial charge in [-0.3, -0.25) is 24.7 Å². The molecule has 2 aromatic carbocycles. The van der Waals surface area contributed by atoms with Crippen LogP contribution in [-0.2, 0) is 22.8 Å². The maximum atomic E-state index is 13.4. The Labute approximate surface area is 213 Å². The number of pyridine rings is 1. The molecule has 0 bridgehead atoms. The Balaban J connectivity index is 1.58. The normalized spacial score (nSPS) is 12.7. The second-order valence-corrected chi connectivity index (χ2v) is 8.57. The molecule has 0 radical (unpaired) electrons. The molecule has 0 aliphatic carbocycles. The molecule has 4 rings (SSSR count). The number of carbonyl (C=O) groups is 1. The van der Waals surface area contributed by atoms with Gasteiger partial charge in [-0.05, 0) is 41.3 Å². The van der Waals surface area contributed by atoms with E-state index >= 15 is 0 Å². The minimum atomic E-state index is -0.473. The molecule has 0 spiro atoms. The molecule has 10 nitrogen and oxygen atoms in total. The number of fused-ring (bicyclic) bond motifs is 1. The molecule has 0 unspecified atom stereocenters. The number of nitrogens with zero attached hydrogens (tertiary/aromatic N) is 4. The Kier molecular flexibility index (Phi) is 8.02. The van der Waals surface area contributed by atoms with Crippen LogP contribution in [0.2, 0.25) is 0 Å². The first-order valence-electron chi connectivity index (χ1n) is 11.8. The molecule has 190 valence electrons. The summed E-state index contributed by atoms with van der Waals surface area (Å²) in [6.45, 7) is 2.15. The predicted molar refractivity (Wildman–Crippen MR) is 139 cm³/mol. The van der Waals surface area contributed by atoms with Crippen LogP contribution >= 0.6 is 0 Å². The number of nitrogens with two attached hydrogens (primary N) is 1. The number of carbonyl (C=O) groups excluding carboxylic acids is 1. The summed E-state index contributed by atoms with van der Waals surface area (Å²) in [6.07, 6.45) is 5.86. The highest BCUT2D eigenvalue weighted by molar-refractivity contribution is 6.05. The zero-order valence-corrected chi connectivity index (χ0v) is 20.3. The van der Waals surface area contributed by atoms with Gasteiger partial charge in [-0.25, -0.2) is 10.1 Å². The number of non-ortho nitro benzene ring substituents is 1. The van der Waals surface area contributed by atoms with Crippen LogP contribution in [0.5, 0.6) is 0 Å². The van der Waals surface area contributed by atoms with E-state index in [1.54, 1.807) is 30.6 Å². The van der Waals surface area contributed by atoms with Gasteiger partial charge in [0.2, 0.25) is 0 Å². The Bertz CT molecular complexity index is 1390. The van der Waals surface area contributed by atoms with Gasteiger partial charge in [0.05, 0.1) is 17.2 Å². The average Bonchev–Trinajstić information content (AvgIpc) is 3.08. The quantitative estimate of drug-likeness (QED) is 0.329. The van der Waals surface area contributed by atoms with E-state index in [2.05, 4.69) is 9.98 Å². The zero-order valence-electron chi connectivity index (χ0n) is 20.3. The minimum Gasteiger partial charge on any atom is -0.392 e. The van der Waals surface area contributed by atoms with Crippen molar-refractivity contribution in [1.29, 1.82) is 0 Å². The standard InChI is InChI=1S/C27H27N5O5/c1-2-8-31(37-17-18-4-3-5-24(10-18)32(35)36)27(34)22-11-21-7-6-20(12-25(21)30-26(28)13-22)23-9-19(16-33)14-29-15-23/h3-7,9-12,14-15,33H,2,8,13,16-17H2,1H3,(H2,28,30). The molecule has 1 aliphatic heterocycles. The molecule has 0 saturated heterocycles. The van der Waals surface area contributed by atoms with Gasteiger partial charge >= 0.3 is 0 Å². The van der Waals surface area contributed by atoms with E-state index in [0.717, 1.165) is 16.7 Å². The number of nitro benzene ring substituents is 1. The lowest BCUT2D eigenvalue weighted by molar-refractivity contribution is -0.385. The van der Waals surface area contributed by atoms with E-state index in [9.17, 15) is 20.0 Å². The Morgan fingerprint density at radius 3 is 2.76 bits per heavy atom. The van der Waals surface area contributed by atoms with Gasteiger partial charge in [-0.15, -0.1) is 0 Å². The smallest absolute Gasteiger partial charge is 0.273 e. The summed E-state index contributed by atoms with van der Waals surface area (Å²) in [7, 11) is 0. The van der Waals surface area contributed by atoms with Gasteiger partial charge in [0.25, 0.3) is 11.6 Å². The number of aliphatic hydroxyl groups excluding tert-OH is 1. The Morgan fingerprint density at radius 1 is 1.16 bits per heavy atom. The summed E-state index contributed by atoms with van der Waals surface area (Å²) in [4.78, 5) is 38.5. The van der Waals surface area contributed by atoms with Crippen molar-refractivity contribution in [3.8, 4) is 11.1 Å². The van der Waals surface area contributed by atoms with Gasteiger partial charge < -0.3 is 10.8 Å². The molecule has 10 heteroatoms. The summed E-state index contributed by atoms with van der Waals surface area (Å²) in [5.74, 6) is -0.0601. The van der Waals surface area contributed by atoms with Crippen molar-refractivity contribution in [2.24, 2.45) is 10.7 Å².